The predicted molar refractivity (Wildman–Crippen MR) is 104 cm³/mol. The van der Waals surface area contributed by atoms with Crippen molar-refractivity contribution in [3.8, 4) is 11.3 Å². The van der Waals surface area contributed by atoms with Gasteiger partial charge in [0.2, 0.25) is 0 Å². The molecule has 1 unspecified atom stereocenters. The first-order valence-corrected chi connectivity index (χ1v) is 9.72. The van der Waals surface area contributed by atoms with Gasteiger partial charge in [-0.15, -0.1) is 10.2 Å². The van der Waals surface area contributed by atoms with Crippen LogP contribution in [0.5, 0.6) is 0 Å². The average Bonchev–Trinajstić information content (AvgIpc) is 3.22. The molecule has 0 saturated carbocycles. The van der Waals surface area contributed by atoms with Crippen molar-refractivity contribution in [2.45, 2.75) is 24.8 Å². The molecule has 2 N–H and O–H groups in total. The Morgan fingerprint density at radius 2 is 1.85 bits per heavy atom. The van der Waals surface area contributed by atoms with Gasteiger partial charge in [0, 0.05) is 36.9 Å². The van der Waals surface area contributed by atoms with E-state index in [0.717, 1.165) is 61.5 Å². The monoisotopic (exact) mass is 364 g/mol. The minimum Gasteiger partial charge on any atom is -0.381 e. The van der Waals surface area contributed by atoms with E-state index in [2.05, 4.69) is 44.8 Å². The number of H-pyrrole nitrogens is 1. The summed E-state index contributed by atoms with van der Waals surface area (Å²) in [6.45, 7) is 4.06. The van der Waals surface area contributed by atoms with Gasteiger partial charge in [0.1, 0.15) is 0 Å². The SMILES string of the molecule is c1cc2cc(-c3ccc(C4CCOCC4)c(C4COCCN4)c3)nnc2[nH]1. The Bertz CT molecular complexity index is 927. The fraction of sp³-hybridized carbons (Fsp3) is 0.429. The number of ether oxygens (including phenoxy) is 2. The molecule has 27 heavy (non-hydrogen) atoms. The molecule has 5 rings (SSSR count). The van der Waals surface area contributed by atoms with Gasteiger partial charge in [-0.1, -0.05) is 12.1 Å². The maximum atomic E-state index is 5.75. The van der Waals surface area contributed by atoms with Gasteiger partial charge in [-0.25, -0.2) is 0 Å². The molecular weight excluding hydrogens is 340 g/mol. The van der Waals surface area contributed by atoms with Crippen LogP contribution in [0.4, 0.5) is 0 Å². The van der Waals surface area contributed by atoms with E-state index in [1.165, 1.54) is 11.1 Å². The number of hydrogen-bond acceptors (Lipinski definition) is 5. The second-order valence-electron chi connectivity index (χ2n) is 7.32. The largest absolute Gasteiger partial charge is 0.381 e. The molecule has 2 fully saturated rings. The summed E-state index contributed by atoms with van der Waals surface area (Å²) >= 11 is 0. The normalized spacial score (nSPS) is 21.6. The first kappa shape index (κ1) is 16.9. The van der Waals surface area contributed by atoms with Crippen LogP contribution in [0, 0.1) is 0 Å². The first-order chi connectivity index (χ1) is 13.4. The second-order valence-corrected chi connectivity index (χ2v) is 7.32. The number of nitrogens with zero attached hydrogens (tertiary/aromatic N) is 2. The van der Waals surface area contributed by atoms with Crippen LogP contribution in [-0.2, 0) is 9.47 Å². The lowest BCUT2D eigenvalue weighted by Gasteiger charge is -2.30. The molecule has 1 aromatic carbocycles. The number of aromatic nitrogens is 3. The molecular formula is C21H24N4O2. The lowest BCUT2D eigenvalue weighted by atomic mass is 9.84. The Hall–Kier alpha value is -2.28. The molecule has 0 bridgehead atoms. The minimum absolute atomic E-state index is 0.223. The van der Waals surface area contributed by atoms with Crippen molar-refractivity contribution in [1.29, 1.82) is 0 Å². The van der Waals surface area contributed by atoms with Gasteiger partial charge in [0.15, 0.2) is 5.65 Å². The average molecular weight is 364 g/mol. The summed E-state index contributed by atoms with van der Waals surface area (Å²) in [4.78, 5) is 3.10. The summed E-state index contributed by atoms with van der Waals surface area (Å²) in [5, 5.41) is 13.4. The smallest absolute Gasteiger partial charge is 0.159 e. The summed E-state index contributed by atoms with van der Waals surface area (Å²) in [5.74, 6) is 0.546. The lowest BCUT2D eigenvalue weighted by Crippen LogP contribution is -2.35. The number of fused-ring (bicyclic) bond motifs is 1. The van der Waals surface area contributed by atoms with Gasteiger partial charge in [-0.05, 0) is 48.1 Å². The van der Waals surface area contributed by atoms with Crippen molar-refractivity contribution < 1.29 is 9.47 Å². The van der Waals surface area contributed by atoms with Gasteiger partial charge >= 0.3 is 0 Å². The summed E-state index contributed by atoms with van der Waals surface area (Å²) in [6, 6.07) is 11.1. The predicted octanol–water partition coefficient (Wildman–Crippen LogP) is 3.18. The Morgan fingerprint density at radius 3 is 2.70 bits per heavy atom. The Kier molecular flexibility index (Phi) is 4.61. The van der Waals surface area contributed by atoms with Gasteiger partial charge in [0.25, 0.3) is 0 Å². The lowest BCUT2D eigenvalue weighted by molar-refractivity contribution is 0.0740. The molecule has 3 aromatic rings. The maximum absolute atomic E-state index is 5.75. The number of hydrogen-bond donors (Lipinski definition) is 2. The highest BCUT2D eigenvalue weighted by Gasteiger charge is 2.25. The molecule has 2 saturated heterocycles. The zero-order valence-corrected chi connectivity index (χ0v) is 15.3. The quantitative estimate of drug-likeness (QED) is 0.747. The third kappa shape index (κ3) is 3.36. The molecule has 2 aliphatic heterocycles. The zero-order valence-electron chi connectivity index (χ0n) is 15.3. The molecule has 0 amide bonds. The van der Waals surface area contributed by atoms with Gasteiger partial charge in [-0.2, -0.15) is 0 Å². The van der Waals surface area contributed by atoms with E-state index in [1.54, 1.807) is 0 Å². The van der Waals surface area contributed by atoms with Gasteiger partial charge < -0.3 is 19.8 Å². The van der Waals surface area contributed by atoms with E-state index >= 15 is 0 Å². The van der Waals surface area contributed by atoms with Gasteiger partial charge in [-0.3, -0.25) is 0 Å². The summed E-state index contributed by atoms with van der Waals surface area (Å²) < 4.78 is 11.3. The fourth-order valence-electron chi connectivity index (χ4n) is 4.18. The van der Waals surface area contributed by atoms with Crippen LogP contribution < -0.4 is 5.32 Å². The van der Waals surface area contributed by atoms with Crippen molar-refractivity contribution in [3.63, 3.8) is 0 Å². The zero-order chi connectivity index (χ0) is 18.1. The van der Waals surface area contributed by atoms with Crippen molar-refractivity contribution in [3.05, 3.63) is 47.7 Å². The van der Waals surface area contributed by atoms with E-state index in [9.17, 15) is 0 Å². The minimum atomic E-state index is 0.223. The standard InChI is InChI=1S/C21H24N4O2/c1-2-17(14-4-8-26-9-5-14)18(20-13-27-10-7-22-20)11-15(1)19-12-16-3-6-23-21(16)25-24-19/h1-3,6,11-12,14,20,22H,4-5,7-10,13H2,(H,23,25). The van der Waals surface area contributed by atoms with Crippen molar-refractivity contribution in [2.24, 2.45) is 0 Å². The molecule has 6 nitrogen and oxygen atoms in total. The van der Waals surface area contributed by atoms with Crippen molar-refractivity contribution in [1.82, 2.24) is 20.5 Å². The highest BCUT2D eigenvalue weighted by Crippen LogP contribution is 2.35. The number of benzene rings is 1. The van der Waals surface area contributed by atoms with Crippen molar-refractivity contribution >= 4 is 11.0 Å². The van der Waals surface area contributed by atoms with Crippen molar-refractivity contribution in [2.75, 3.05) is 33.0 Å². The third-order valence-electron chi connectivity index (χ3n) is 5.65. The molecule has 0 aliphatic carbocycles. The Labute approximate surface area is 158 Å². The first-order valence-electron chi connectivity index (χ1n) is 9.72. The molecule has 0 radical (unpaired) electrons. The fourth-order valence-corrected chi connectivity index (χ4v) is 4.18. The molecule has 1 atom stereocenters. The number of rotatable bonds is 3. The Balaban J connectivity index is 1.56. The number of nitrogens with one attached hydrogen (secondary N) is 2. The molecule has 6 heteroatoms. The van der Waals surface area contributed by atoms with Crippen LogP contribution in [0.3, 0.4) is 0 Å². The molecule has 4 heterocycles. The maximum Gasteiger partial charge on any atom is 0.159 e. The van der Waals surface area contributed by atoms with Crippen LogP contribution >= 0.6 is 0 Å². The topological polar surface area (TPSA) is 72.1 Å². The molecule has 0 spiro atoms. The molecule has 2 aromatic heterocycles. The van der Waals surface area contributed by atoms with Crippen LogP contribution in [-0.4, -0.2) is 48.2 Å². The summed E-state index contributed by atoms with van der Waals surface area (Å²) in [6.07, 6.45) is 4.05. The van der Waals surface area contributed by atoms with E-state index < -0.39 is 0 Å². The second kappa shape index (κ2) is 7.38. The Morgan fingerprint density at radius 1 is 0.926 bits per heavy atom. The van der Waals surface area contributed by atoms with Crippen LogP contribution in [0.1, 0.15) is 35.9 Å². The van der Waals surface area contributed by atoms with Crippen LogP contribution in [0.25, 0.3) is 22.3 Å². The number of aromatic amines is 1. The van der Waals surface area contributed by atoms with E-state index in [4.69, 9.17) is 9.47 Å². The summed E-state index contributed by atoms with van der Waals surface area (Å²) in [7, 11) is 0. The molecule has 140 valence electrons. The van der Waals surface area contributed by atoms with E-state index in [-0.39, 0.29) is 6.04 Å². The molecule has 2 aliphatic rings. The highest BCUT2D eigenvalue weighted by molar-refractivity contribution is 5.79. The highest BCUT2D eigenvalue weighted by atomic mass is 16.5. The van der Waals surface area contributed by atoms with Crippen LogP contribution in [0.15, 0.2) is 36.5 Å². The van der Waals surface area contributed by atoms with Gasteiger partial charge in [0.05, 0.1) is 24.9 Å². The third-order valence-corrected chi connectivity index (χ3v) is 5.65. The van der Waals surface area contributed by atoms with E-state index in [1.807, 2.05) is 12.3 Å². The summed E-state index contributed by atoms with van der Waals surface area (Å²) in [5.41, 5.74) is 5.57. The van der Waals surface area contributed by atoms with E-state index in [0.29, 0.717) is 12.5 Å². The number of morpholine rings is 1. The van der Waals surface area contributed by atoms with Crippen LogP contribution in [0.2, 0.25) is 0 Å².